The smallest absolute Gasteiger partial charge is 0.423 e. The summed E-state index contributed by atoms with van der Waals surface area (Å²) in [6.45, 7) is 8.44. The number of aromatic nitrogens is 2. The van der Waals surface area contributed by atoms with Crippen molar-refractivity contribution in [3.63, 3.8) is 0 Å². The fourth-order valence-electron chi connectivity index (χ4n) is 2.93. The minimum absolute atomic E-state index is 0.00496. The van der Waals surface area contributed by atoms with E-state index in [4.69, 9.17) is 9.47 Å². The highest BCUT2D eigenvalue weighted by atomic mass is 19.4. The number of rotatable bonds is 11. The summed E-state index contributed by atoms with van der Waals surface area (Å²) < 4.78 is 51.4. The summed E-state index contributed by atoms with van der Waals surface area (Å²) in [7, 11) is 0. The maximum absolute atomic E-state index is 13.4. The highest BCUT2D eigenvalue weighted by molar-refractivity contribution is 5.59. The van der Waals surface area contributed by atoms with Crippen molar-refractivity contribution in [2.75, 3.05) is 18.1 Å². The number of anilines is 2. The third kappa shape index (κ3) is 6.78. The van der Waals surface area contributed by atoms with E-state index in [-0.39, 0.29) is 18.7 Å². The van der Waals surface area contributed by atoms with Crippen LogP contribution in [0.5, 0.6) is 11.6 Å². The highest BCUT2D eigenvalue weighted by Gasteiger charge is 2.36. The van der Waals surface area contributed by atoms with Gasteiger partial charge in [0.05, 0.1) is 12.7 Å². The average molecular weight is 425 g/mol. The predicted molar refractivity (Wildman–Crippen MR) is 112 cm³/mol. The van der Waals surface area contributed by atoms with Crippen LogP contribution in [0, 0.1) is 0 Å². The lowest BCUT2D eigenvalue weighted by Crippen LogP contribution is -2.21. The van der Waals surface area contributed by atoms with Gasteiger partial charge in [-0.05, 0) is 39.3 Å². The van der Waals surface area contributed by atoms with Gasteiger partial charge in [-0.15, -0.1) is 0 Å². The first-order valence-electron chi connectivity index (χ1n) is 10.4. The quantitative estimate of drug-likeness (QED) is 0.390. The molecule has 0 aliphatic carbocycles. The van der Waals surface area contributed by atoms with Crippen LogP contribution in [0.2, 0.25) is 0 Å². The van der Waals surface area contributed by atoms with Gasteiger partial charge in [-0.3, -0.25) is 0 Å². The zero-order valence-corrected chi connectivity index (χ0v) is 18.0. The molecule has 0 N–H and O–H groups in total. The molecule has 1 aromatic carbocycles. The van der Waals surface area contributed by atoms with Crippen molar-refractivity contribution in [2.24, 2.45) is 0 Å². The molecule has 0 radical (unpaired) electrons. The van der Waals surface area contributed by atoms with Crippen LogP contribution in [0.3, 0.4) is 0 Å². The molecule has 0 aliphatic rings. The first-order chi connectivity index (χ1) is 14.3. The van der Waals surface area contributed by atoms with Crippen LogP contribution >= 0.6 is 0 Å². The fourth-order valence-corrected chi connectivity index (χ4v) is 2.93. The average Bonchev–Trinajstić information content (AvgIpc) is 2.67. The normalized spacial score (nSPS) is 11.6. The second-order valence-corrected chi connectivity index (χ2v) is 7.20. The SMILES string of the molecule is CCCCCCOc1nc(N(CC)c2cccc(OC(C)C)c2)ncc1C(F)(F)F. The van der Waals surface area contributed by atoms with Gasteiger partial charge in [-0.1, -0.05) is 32.3 Å². The molecule has 30 heavy (non-hydrogen) atoms. The van der Waals surface area contributed by atoms with Crippen LogP contribution in [0.15, 0.2) is 30.5 Å². The van der Waals surface area contributed by atoms with E-state index < -0.39 is 17.6 Å². The van der Waals surface area contributed by atoms with Crippen molar-refractivity contribution in [1.82, 2.24) is 9.97 Å². The van der Waals surface area contributed by atoms with Gasteiger partial charge in [0.1, 0.15) is 11.3 Å². The molecule has 2 aromatic rings. The molecular formula is C22H30F3N3O2. The van der Waals surface area contributed by atoms with E-state index >= 15 is 0 Å². The van der Waals surface area contributed by atoms with Gasteiger partial charge in [-0.2, -0.15) is 18.2 Å². The Labute approximate surface area is 176 Å². The number of halogens is 3. The van der Waals surface area contributed by atoms with Crippen molar-refractivity contribution >= 4 is 11.6 Å². The van der Waals surface area contributed by atoms with Crippen LogP contribution in [0.4, 0.5) is 24.8 Å². The van der Waals surface area contributed by atoms with Gasteiger partial charge < -0.3 is 14.4 Å². The van der Waals surface area contributed by atoms with Crippen molar-refractivity contribution in [3.8, 4) is 11.6 Å². The van der Waals surface area contributed by atoms with Crippen LogP contribution in [-0.2, 0) is 6.18 Å². The zero-order valence-electron chi connectivity index (χ0n) is 18.0. The van der Waals surface area contributed by atoms with Crippen molar-refractivity contribution in [2.45, 2.75) is 65.7 Å². The molecule has 0 unspecified atom stereocenters. The van der Waals surface area contributed by atoms with E-state index in [1.807, 2.05) is 45.0 Å². The van der Waals surface area contributed by atoms with Crippen LogP contribution in [0.1, 0.15) is 58.9 Å². The van der Waals surface area contributed by atoms with Crippen LogP contribution in [0.25, 0.3) is 0 Å². The third-order valence-electron chi connectivity index (χ3n) is 4.34. The molecule has 5 nitrogen and oxygen atoms in total. The molecule has 8 heteroatoms. The molecule has 0 fully saturated rings. The molecule has 0 amide bonds. The summed E-state index contributed by atoms with van der Waals surface area (Å²) in [5.74, 6) is 0.382. The highest BCUT2D eigenvalue weighted by Crippen LogP contribution is 2.36. The summed E-state index contributed by atoms with van der Waals surface area (Å²) in [4.78, 5) is 9.82. The Morgan fingerprint density at radius 3 is 2.50 bits per heavy atom. The molecule has 2 rings (SSSR count). The van der Waals surface area contributed by atoms with Crippen molar-refractivity contribution < 1.29 is 22.6 Å². The van der Waals surface area contributed by atoms with Crippen molar-refractivity contribution in [3.05, 3.63) is 36.0 Å². The monoisotopic (exact) mass is 425 g/mol. The molecule has 0 saturated carbocycles. The van der Waals surface area contributed by atoms with E-state index in [2.05, 4.69) is 16.9 Å². The zero-order chi connectivity index (χ0) is 22.1. The number of hydrogen-bond donors (Lipinski definition) is 0. The first kappa shape index (κ1) is 23.8. The summed E-state index contributed by atoms with van der Waals surface area (Å²) in [5.41, 5.74) is -0.237. The second kappa shape index (κ2) is 11.0. The molecule has 0 aliphatic heterocycles. The number of alkyl halides is 3. The minimum Gasteiger partial charge on any atom is -0.491 e. The van der Waals surface area contributed by atoms with Crippen molar-refractivity contribution in [1.29, 1.82) is 0 Å². The van der Waals surface area contributed by atoms with Crippen LogP contribution < -0.4 is 14.4 Å². The fraction of sp³-hybridized carbons (Fsp3) is 0.545. The maximum Gasteiger partial charge on any atom is 0.423 e. The summed E-state index contributed by atoms with van der Waals surface area (Å²) in [5, 5.41) is 0. The molecule has 0 bridgehead atoms. The minimum atomic E-state index is -4.58. The Balaban J connectivity index is 2.31. The number of nitrogens with zero attached hydrogens (tertiary/aromatic N) is 3. The predicted octanol–water partition coefficient (Wildman–Crippen LogP) is 6.40. The molecule has 1 heterocycles. The second-order valence-electron chi connectivity index (χ2n) is 7.20. The van der Waals surface area contributed by atoms with Crippen LogP contribution in [-0.4, -0.2) is 29.2 Å². The lowest BCUT2D eigenvalue weighted by atomic mass is 10.2. The Bertz CT molecular complexity index is 797. The number of unbranched alkanes of at least 4 members (excludes halogenated alkanes) is 3. The molecule has 0 saturated heterocycles. The van der Waals surface area contributed by atoms with E-state index in [1.54, 1.807) is 4.90 Å². The van der Waals surface area contributed by atoms with Gasteiger partial charge in [0.25, 0.3) is 0 Å². The van der Waals surface area contributed by atoms with Gasteiger partial charge in [0.2, 0.25) is 11.8 Å². The van der Waals surface area contributed by atoms with Gasteiger partial charge in [0, 0.05) is 24.5 Å². The Morgan fingerprint density at radius 1 is 1.10 bits per heavy atom. The maximum atomic E-state index is 13.4. The molecule has 0 atom stereocenters. The lowest BCUT2D eigenvalue weighted by Gasteiger charge is -2.23. The molecule has 1 aromatic heterocycles. The lowest BCUT2D eigenvalue weighted by molar-refractivity contribution is -0.139. The van der Waals surface area contributed by atoms with E-state index in [9.17, 15) is 13.2 Å². The topological polar surface area (TPSA) is 47.5 Å². The van der Waals surface area contributed by atoms with E-state index in [1.165, 1.54) is 0 Å². The number of hydrogen-bond acceptors (Lipinski definition) is 5. The Morgan fingerprint density at radius 2 is 1.87 bits per heavy atom. The Hall–Kier alpha value is -2.51. The largest absolute Gasteiger partial charge is 0.491 e. The van der Waals surface area contributed by atoms with Gasteiger partial charge in [0.15, 0.2) is 0 Å². The van der Waals surface area contributed by atoms with E-state index in [0.717, 1.165) is 31.1 Å². The number of benzene rings is 1. The van der Waals surface area contributed by atoms with E-state index in [0.29, 0.717) is 18.7 Å². The summed E-state index contributed by atoms with van der Waals surface area (Å²) in [6.07, 6.45) is -0.152. The summed E-state index contributed by atoms with van der Waals surface area (Å²) >= 11 is 0. The third-order valence-corrected chi connectivity index (χ3v) is 4.34. The molecule has 0 spiro atoms. The number of ether oxygens (including phenoxy) is 2. The first-order valence-corrected chi connectivity index (χ1v) is 10.4. The Kier molecular flexibility index (Phi) is 8.74. The molecule has 166 valence electrons. The summed E-state index contributed by atoms with van der Waals surface area (Å²) in [6, 6.07) is 7.31. The standard InChI is InChI=1S/C22H30F3N3O2/c1-5-7-8-9-13-29-20-19(22(23,24)25)15-26-21(27-20)28(6-2)17-11-10-12-18(14-17)30-16(3)4/h10-12,14-16H,5-9,13H2,1-4H3. The molecular weight excluding hydrogens is 395 g/mol. The van der Waals surface area contributed by atoms with Gasteiger partial charge in [-0.25, -0.2) is 4.98 Å². The van der Waals surface area contributed by atoms with Gasteiger partial charge >= 0.3 is 6.18 Å².